The van der Waals surface area contributed by atoms with Gasteiger partial charge in [-0.3, -0.25) is 4.90 Å². The average Bonchev–Trinajstić information content (AvgIpc) is 2.48. The van der Waals surface area contributed by atoms with Crippen molar-refractivity contribution >= 4 is 5.97 Å². The van der Waals surface area contributed by atoms with Crippen molar-refractivity contribution in [1.82, 2.24) is 9.88 Å². The topological polar surface area (TPSA) is 53.4 Å². The van der Waals surface area contributed by atoms with Crippen molar-refractivity contribution in [3.05, 3.63) is 65.5 Å². The lowest BCUT2D eigenvalue weighted by Gasteiger charge is -2.27. The van der Waals surface area contributed by atoms with E-state index >= 15 is 0 Å². The number of aromatic carboxylic acids is 1. The van der Waals surface area contributed by atoms with Gasteiger partial charge in [-0.15, -0.1) is 0 Å². The molecule has 4 nitrogen and oxygen atoms in total. The SMILES string of the molecule is CC(C)N(Cc1ccccc1)Cc1cccnc1C(=O)O. The number of hydrogen-bond acceptors (Lipinski definition) is 3. The summed E-state index contributed by atoms with van der Waals surface area (Å²) in [7, 11) is 0. The zero-order valence-electron chi connectivity index (χ0n) is 12.4. The number of aromatic nitrogens is 1. The summed E-state index contributed by atoms with van der Waals surface area (Å²) in [6.45, 7) is 5.58. The van der Waals surface area contributed by atoms with Gasteiger partial charge in [0.2, 0.25) is 0 Å². The quantitative estimate of drug-likeness (QED) is 0.885. The smallest absolute Gasteiger partial charge is 0.354 e. The molecule has 0 saturated heterocycles. The molecule has 0 saturated carbocycles. The molecule has 2 rings (SSSR count). The third kappa shape index (κ3) is 4.13. The fraction of sp³-hybridized carbons (Fsp3) is 0.294. The van der Waals surface area contributed by atoms with Crippen LogP contribution in [0, 0.1) is 0 Å². The molecule has 0 aliphatic heterocycles. The van der Waals surface area contributed by atoms with E-state index in [1.54, 1.807) is 6.07 Å². The van der Waals surface area contributed by atoms with E-state index in [0.29, 0.717) is 12.6 Å². The number of carboxylic acids is 1. The average molecular weight is 284 g/mol. The molecule has 0 bridgehead atoms. The first-order valence-corrected chi connectivity index (χ1v) is 7.03. The lowest BCUT2D eigenvalue weighted by atomic mass is 10.1. The number of carbonyl (C=O) groups is 1. The molecular weight excluding hydrogens is 264 g/mol. The minimum absolute atomic E-state index is 0.135. The number of benzene rings is 1. The Kier molecular flexibility index (Phi) is 5.06. The van der Waals surface area contributed by atoms with Crippen LogP contribution in [0.4, 0.5) is 0 Å². The highest BCUT2D eigenvalue weighted by atomic mass is 16.4. The Balaban J connectivity index is 2.19. The number of pyridine rings is 1. The number of nitrogens with zero attached hydrogens (tertiary/aromatic N) is 2. The van der Waals surface area contributed by atoms with E-state index in [0.717, 1.165) is 12.1 Å². The van der Waals surface area contributed by atoms with Crippen molar-refractivity contribution in [1.29, 1.82) is 0 Å². The van der Waals surface area contributed by atoms with Crippen LogP contribution >= 0.6 is 0 Å². The Morgan fingerprint density at radius 1 is 1.14 bits per heavy atom. The van der Waals surface area contributed by atoms with Crippen LogP contribution in [0.1, 0.15) is 35.5 Å². The largest absolute Gasteiger partial charge is 0.477 e. The van der Waals surface area contributed by atoms with E-state index in [4.69, 9.17) is 0 Å². The number of carboxylic acid groups (broad SMARTS) is 1. The van der Waals surface area contributed by atoms with Gasteiger partial charge in [-0.2, -0.15) is 0 Å². The molecule has 110 valence electrons. The van der Waals surface area contributed by atoms with Gasteiger partial charge in [0.25, 0.3) is 0 Å². The van der Waals surface area contributed by atoms with Gasteiger partial charge in [-0.25, -0.2) is 9.78 Å². The molecule has 1 N–H and O–H groups in total. The molecule has 1 aromatic heterocycles. The first kappa shape index (κ1) is 15.2. The molecule has 0 atom stereocenters. The van der Waals surface area contributed by atoms with Crippen molar-refractivity contribution < 1.29 is 9.90 Å². The van der Waals surface area contributed by atoms with Crippen molar-refractivity contribution in [3.63, 3.8) is 0 Å². The Morgan fingerprint density at radius 2 is 1.86 bits per heavy atom. The molecule has 0 spiro atoms. The summed E-state index contributed by atoms with van der Waals surface area (Å²) in [4.78, 5) is 17.5. The van der Waals surface area contributed by atoms with Gasteiger partial charge >= 0.3 is 5.97 Å². The molecule has 2 aromatic rings. The van der Waals surface area contributed by atoms with Gasteiger partial charge in [0.05, 0.1) is 0 Å². The van der Waals surface area contributed by atoms with Crippen molar-refractivity contribution in [3.8, 4) is 0 Å². The molecular formula is C17H20N2O2. The third-order valence-corrected chi connectivity index (χ3v) is 3.43. The van der Waals surface area contributed by atoms with Crippen LogP contribution < -0.4 is 0 Å². The third-order valence-electron chi connectivity index (χ3n) is 3.43. The van der Waals surface area contributed by atoms with E-state index in [1.165, 1.54) is 11.8 Å². The summed E-state index contributed by atoms with van der Waals surface area (Å²) >= 11 is 0. The molecule has 0 fully saturated rings. The lowest BCUT2D eigenvalue weighted by molar-refractivity contribution is 0.0687. The number of rotatable bonds is 6. The summed E-state index contributed by atoms with van der Waals surface area (Å²) in [5.41, 5.74) is 2.10. The lowest BCUT2D eigenvalue weighted by Crippen LogP contribution is -2.30. The first-order valence-electron chi connectivity index (χ1n) is 7.03. The van der Waals surface area contributed by atoms with Gasteiger partial charge < -0.3 is 5.11 Å². The van der Waals surface area contributed by atoms with Crippen LogP contribution in [0.2, 0.25) is 0 Å². The van der Waals surface area contributed by atoms with E-state index in [9.17, 15) is 9.90 Å². The minimum atomic E-state index is -0.978. The Labute approximate surface area is 125 Å². The van der Waals surface area contributed by atoms with Crippen LogP contribution in [-0.2, 0) is 13.1 Å². The second-order valence-corrected chi connectivity index (χ2v) is 5.30. The molecule has 21 heavy (non-hydrogen) atoms. The zero-order chi connectivity index (χ0) is 15.2. The van der Waals surface area contributed by atoms with Gasteiger partial charge in [0, 0.05) is 25.3 Å². The van der Waals surface area contributed by atoms with Crippen LogP contribution in [-0.4, -0.2) is 27.0 Å². The van der Waals surface area contributed by atoms with Gasteiger partial charge in [-0.1, -0.05) is 36.4 Å². The fourth-order valence-corrected chi connectivity index (χ4v) is 2.22. The highest BCUT2D eigenvalue weighted by molar-refractivity contribution is 5.86. The molecule has 0 radical (unpaired) electrons. The van der Waals surface area contributed by atoms with Crippen LogP contribution in [0.5, 0.6) is 0 Å². The van der Waals surface area contributed by atoms with Crippen LogP contribution in [0.25, 0.3) is 0 Å². The minimum Gasteiger partial charge on any atom is -0.477 e. The fourth-order valence-electron chi connectivity index (χ4n) is 2.22. The molecule has 1 aromatic carbocycles. The van der Waals surface area contributed by atoms with E-state index < -0.39 is 5.97 Å². The summed E-state index contributed by atoms with van der Waals surface area (Å²) < 4.78 is 0. The second-order valence-electron chi connectivity index (χ2n) is 5.30. The summed E-state index contributed by atoms with van der Waals surface area (Å²) in [6, 6.07) is 14.1. The monoisotopic (exact) mass is 284 g/mol. The molecule has 0 aliphatic rings. The highest BCUT2D eigenvalue weighted by Crippen LogP contribution is 2.15. The second kappa shape index (κ2) is 6.99. The molecule has 4 heteroatoms. The Morgan fingerprint density at radius 3 is 2.48 bits per heavy atom. The molecule has 0 aliphatic carbocycles. The van der Waals surface area contributed by atoms with Gasteiger partial charge in [0.15, 0.2) is 5.69 Å². The Bertz CT molecular complexity index is 597. The standard InChI is InChI=1S/C17H20N2O2/c1-13(2)19(11-14-7-4-3-5-8-14)12-15-9-6-10-18-16(15)17(20)21/h3-10,13H,11-12H2,1-2H3,(H,20,21). The van der Waals surface area contributed by atoms with E-state index in [-0.39, 0.29) is 5.69 Å². The summed E-state index contributed by atoms with van der Waals surface area (Å²) in [5, 5.41) is 9.23. The maximum atomic E-state index is 11.3. The molecule has 1 heterocycles. The molecule has 0 amide bonds. The van der Waals surface area contributed by atoms with Crippen molar-refractivity contribution in [2.75, 3.05) is 0 Å². The van der Waals surface area contributed by atoms with Crippen LogP contribution in [0.15, 0.2) is 48.7 Å². The highest BCUT2D eigenvalue weighted by Gasteiger charge is 2.16. The number of hydrogen-bond donors (Lipinski definition) is 1. The van der Waals surface area contributed by atoms with Crippen LogP contribution in [0.3, 0.4) is 0 Å². The Hall–Kier alpha value is -2.20. The zero-order valence-corrected chi connectivity index (χ0v) is 12.4. The normalized spacial score (nSPS) is 11.0. The predicted molar refractivity (Wildman–Crippen MR) is 82.0 cm³/mol. The van der Waals surface area contributed by atoms with Gasteiger partial charge in [-0.05, 0) is 31.0 Å². The predicted octanol–water partition coefficient (Wildman–Crippen LogP) is 3.19. The summed E-state index contributed by atoms with van der Waals surface area (Å²) in [5.74, 6) is -0.978. The molecule has 0 unspecified atom stereocenters. The summed E-state index contributed by atoms with van der Waals surface area (Å²) in [6.07, 6.45) is 1.52. The maximum absolute atomic E-state index is 11.3. The van der Waals surface area contributed by atoms with E-state index in [2.05, 4.69) is 35.9 Å². The van der Waals surface area contributed by atoms with Crippen molar-refractivity contribution in [2.24, 2.45) is 0 Å². The van der Waals surface area contributed by atoms with E-state index in [1.807, 2.05) is 24.3 Å². The van der Waals surface area contributed by atoms with Gasteiger partial charge in [0.1, 0.15) is 0 Å². The first-order chi connectivity index (χ1) is 10.1. The van der Waals surface area contributed by atoms with Crippen molar-refractivity contribution in [2.45, 2.75) is 33.0 Å². The maximum Gasteiger partial charge on any atom is 0.354 e.